The zero-order valence-corrected chi connectivity index (χ0v) is 23.0. The summed E-state index contributed by atoms with van der Waals surface area (Å²) in [6.45, 7) is 9.08. The van der Waals surface area contributed by atoms with Gasteiger partial charge >= 0.3 is 0 Å². The molecule has 0 spiro atoms. The first-order valence-corrected chi connectivity index (χ1v) is 14.7. The second-order valence-corrected chi connectivity index (χ2v) is 12.1. The quantitative estimate of drug-likeness (QED) is 0.328. The van der Waals surface area contributed by atoms with E-state index in [1.54, 1.807) is 16.4 Å². The number of aromatic nitrogens is 2. The van der Waals surface area contributed by atoms with Crippen molar-refractivity contribution in [3.8, 4) is 0 Å². The van der Waals surface area contributed by atoms with Gasteiger partial charge in [0.2, 0.25) is 10.0 Å². The topological polar surface area (TPSA) is 78.4 Å². The van der Waals surface area contributed by atoms with Crippen molar-refractivity contribution in [1.29, 1.82) is 0 Å². The van der Waals surface area contributed by atoms with Crippen molar-refractivity contribution in [2.75, 3.05) is 31.5 Å². The zero-order chi connectivity index (χ0) is 26.7. The second kappa shape index (κ2) is 11.2. The first-order valence-electron chi connectivity index (χ1n) is 13.2. The average molecular weight is 530 g/mol. The number of rotatable bonds is 8. The molecule has 1 aromatic heterocycles. The van der Waals surface area contributed by atoms with E-state index in [-0.39, 0.29) is 6.04 Å². The normalized spacial score (nSPS) is 16.1. The first kappa shape index (κ1) is 26.3. The van der Waals surface area contributed by atoms with E-state index in [1.165, 1.54) is 5.56 Å². The molecule has 0 bridgehead atoms. The van der Waals surface area contributed by atoms with Gasteiger partial charge < -0.3 is 5.32 Å². The molecule has 0 aliphatic carbocycles. The van der Waals surface area contributed by atoms with Gasteiger partial charge in [-0.2, -0.15) is 4.31 Å². The molecule has 2 heterocycles. The van der Waals surface area contributed by atoms with Crippen molar-refractivity contribution in [2.24, 2.45) is 0 Å². The van der Waals surface area contributed by atoms with Crippen molar-refractivity contribution >= 4 is 26.7 Å². The number of benzene rings is 3. The maximum Gasteiger partial charge on any atom is 0.243 e. The van der Waals surface area contributed by atoms with E-state index in [9.17, 15) is 8.42 Å². The number of fused-ring (bicyclic) bond motifs is 1. The molecule has 198 valence electrons. The van der Waals surface area contributed by atoms with Crippen LogP contribution in [0.15, 0.2) is 83.8 Å². The van der Waals surface area contributed by atoms with Crippen LogP contribution in [0, 0.1) is 0 Å². The van der Waals surface area contributed by atoms with Crippen LogP contribution in [0.1, 0.15) is 49.7 Å². The zero-order valence-electron chi connectivity index (χ0n) is 22.2. The molecule has 1 aliphatic rings. The van der Waals surface area contributed by atoms with Crippen LogP contribution < -0.4 is 5.32 Å². The van der Waals surface area contributed by atoms with Crippen LogP contribution >= 0.6 is 0 Å². The maximum absolute atomic E-state index is 13.3. The molecule has 7 nitrogen and oxygen atoms in total. The summed E-state index contributed by atoms with van der Waals surface area (Å²) in [5, 5.41) is 4.49. The number of piperazine rings is 1. The Hall–Kier alpha value is -3.33. The number of sulfonamides is 1. The molecule has 1 fully saturated rings. The number of anilines is 1. The molecule has 38 heavy (non-hydrogen) atoms. The molecule has 0 radical (unpaired) electrons. The molecule has 5 rings (SSSR count). The highest BCUT2D eigenvalue weighted by Gasteiger charge is 2.31. The van der Waals surface area contributed by atoms with Crippen molar-refractivity contribution in [1.82, 2.24) is 19.2 Å². The van der Waals surface area contributed by atoms with Gasteiger partial charge in [-0.25, -0.2) is 18.4 Å². The van der Waals surface area contributed by atoms with Gasteiger partial charge in [-0.05, 0) is 48.2 Å². The van der Waals surface area contributed by atoms with Crippen molar-refractivity contribution in [3.05, 3.63) is 95.8 Å². The minimum atomic E-state index is -3.52. The van der Waals surface area contributed by atoms with Gasteiger partial charge in [-0.15, -0.1) is 0 Å². The van der Waals surface area contributed by atoms with Gasteiger partial charge in [-0.1, -0.05) is 68.4 Å². The predicted molar refractivity (Wildman–Crippen MR) is 153 cm³/mol. The fourth-order valence-electron chi connectivity index (χ4n) is 4.87. The van der Waals surface area contributed by atoms with E-state index < -0.39 is 10.0 Å². The van der Waals surface area contributed by atoms with E-state index in [4.69, 9.17) is 9.97 Å². The van der Waals surface area contributed by atoms with E-state index >= 15 is 0 Å². The van der Waals surface area contributed by atoms with Crippen molar-refractivity contribution < 1.29 is 8.42 Å². The Balaban J connectivity index is 1.30. The molecule has 0 amide bonds. The van der Waals surface area contributed by atoms with Crippen molar-refractivity contribution in [2.45, 2.75) is 44.2 Å². The van der Waals surface area contributed by atoms with E-state index in [1.807, 2.05) is 54.6 Å². The number of hydrogen-bond acceptors (Lipinski definition) is 6. The van der Waals surface area contributed by atoms with E-state index in [2.05, 4.69) is 43.1 Å². The van der Waals surface area contributed by atoms with Crippen LogP contribution in [0.2, 0.25) is 0 Å². The van der Waals surface area contributed by atoms with E-state index in [0.717, 1.165) is 28.1 Å². The average Bonchev–Trinajstić information content (AvgIpc) is 2.96. The van der Waals surface area contributed by atoms with Crippen LogP contribution in [-0.2, 0) is 16.6 Å². The largest absolute Gasteiger partial charge is 0.365 e. The maximum atomic E-state index is 13.3. The molecule has 3 aromatic carbocycles. The van der Waals surface area contributed by atoms with Crippen LogP contribution in [0.5, 0.6) is 0 Å². The summed E-state index contributed by atoms with van der Waals surface area (Å²) in [5.74, 6) is 1.91. The molecular weight excluding hydrogens is 494 g/mol. The van der Waals surface area contributed by atoms with Crippen molar-refractivity contribution in [3.63, 3.8) is 0 Å². The molecule has 1 N–H and O–H groups in total. The predicted octanol–water partition coefficient (Wildman–Crippen LogP) is 5.43. The Morgan fingerprint density at radius 2 is 1.47 bits per heavy atom. The molecule has 1 aliphatic heterocycles. The third-order valence-electron chi connectivity index (χ3n) is 7.30. The fourth-order valence-corrected chi connectivity index (χ4v) is 6.29. The van der Waals surface area contributed by atoms with Gasteiger partial charge in [0.1, 0.15) is 11.6 Å². The molecule has 0 unspecified atom stereocenters. The monoisotopic (exact) mass is 529 g/mol. The lowest BCUT2D eigenvalue weighted by molar-refractivity contribution is 0.141. The lowest BCUT2D eigenvalue weighted by Gasteiger charge is -2.37. The SMILES string of the molecule is CC(C)c1ccc(S(=O)(=O)N2CCN([C@H](C)c3nc(NCc4ccccc4)c4ccccc4n3)CC2)cc1. The molecule has 1 saturated heterocycles. The molecular formula is C30H35N5O2S. The lowest BCUT2D eigenvalue weighted by atomic mass is 10.0. The Kier molecular flexibility index (Phi) is 7.74. The van der Waals surface area contributed by atoms with Crippen LogP contribution in [0.4, 0.5) is 5.82 Å². The third kappa shape index (κ3) is 5.57. The summed E-state index contributed by atoms with van der Waals surface area (Å²) in [4.78, 5) is 12.4. The van der Waals surface area contributed by atoms with Gasteiger partial charge in [0, 0.05) is 38.1 Å². The minimum absolute atomic E-state index is 0.0490. The number of nitrogens with one attached hydrogen (secondary N) is 1. The van der Waals surface area contributed by atoms with Gasteiger partial charge in [0.25, 0.3) is 0 Å². The smallest absolute Gasteiger partial charge is 0.243 e. The van der Waals surface area contributed by atoms with E-state index in [0.29, 0.717) is 43.5 Å². The summed E-state index contributed by atoms with van der Waals surface area (Å²) in [6, 6.07) is 25.5. The highest BCUT2D eigenvalue weighted by atomic mass is 32.2. The number of nitrogens with zero attached hydrogens (tertiary/aromatic N) is 4. The highest BCUT2D eigenvalue weighted by Crippen LogP contribution is 2.27. The molecule has 1 atom stereocenters. The summed E-state index contributed by atoms with van der Waals surface area (Å²) in [7, 11) is -3.52. The minimum Gasteiger partial charge on any atom is -0.365 e. The summed E-state index contributed by atoms with van der Waals surface area (Å²) in [6.07, 6.45) is 0. The molecule has 4 aromatic rings. The van der Waals surface area contributed by atoms with Gasteiger partial charge in [-0.3, -0.25) is 4.90 Å². The second-order valence-electron chi connectivity index (χ2n) is 10.1. The number of para-hydroxylation sites is 1. The Bertz CT molecular complexity index is 1480. The Morgan fingerprint density at radius 3 is 2.16 bits per heavy atom. The van der Waals surface area contributed by atoms with Gasteiger partial charge in [0.05, 0.1) is 16.5 Å². The van der Waals surface area contributed by atoms with Gasteiger partial charge in [0.15, 0.2) is 0 Å². The summed E-state index contributed by atoms with van der Waals surface area (Å²) >= 11 is 0. The Morgan fingerprint density at radius 1 is 0.816 bits per heavy atom. The van der Waals surface area contributed by atoms with Crippen LogP contribution in [0.25, 0.3) is 10.9 Å². The highest BCUT2D eigenvalue weighted by molar-refractivity contribution is 7.89. The lowest BCUT2D eigenvalue weighted by Crippen LogP contribution is -2.49. The van der Waals surface area contributed by atoms with Crippen LogP contribution in [-0.4, -0.2) is 53.8 Å². The molecule has 0 saturated carbocycles. The first-order chi connectivity index (χ1) is 18.3. The number of hydrogen-bond donors (Lipinski definition) is 1. The Labute approximate surface area is 225 Å². The summed E-state index contributed by atoms with van der Waals surface area (Å²) in [5.41, 5.74) is 3.21. The fraction of sp³-hybridized carbons (Fsp3) is 0.333. The standard InChI is InChI=1S/C30H35N5O2S/c1-22(2)25-13-15-26(16-14-25)38(36,37)35-19-17-34(18-20-35)23(3)29-32-28-12-8-7-11-27(28)30(33-29)31-21-24-9-5-4-6-10-24/h4-16,22-23H,17-21H2,1-3H3,(H,31,32,33)/t23-/m1/s1. The third-order valence-corrected chi connectivity index (χ3v) is 9.22. The summed E-state index contributed by atoms with van der Waals surface area (Å²) < 4.78 is 28.1. The molecule has 8 heteroatoms. The van der Waals surface area contributed by atoms with Crippen LogP contribution in [0.3, 0.4) is 0 Å².